The minimum absolute atomic E-state index is 0.253. The summed E-state index contributed by atoms with van der Waals surface area (Å²) in [6.45, 7) is 5.79. The molecule has 1 heterocycles. The summed E-state index contributed by atoms with van der Waals surface area (Å²) in [5, 5.41) is 9.22. The minimum Gasteiger partial charge on any atom is -0.478 e. The normalized spacial score (nSPS) is 16.9. The van der Waals surface area contributed by atoms with Gasteiger partial charge in [0, 0.05) is 13.1 Å². The molecule has 2 rings (SSSR count). The molecule has 1 aromatic carbocycles. The zero-order chi connectivity index (χ0) is 13.8. The van der Waals surface area contributed by atoms with Gasteiger partial charge in [-0.3, -0.25) is 0 Å². The maximum atomic E-state index is 11.2. The lowest BCUT2D eigenvalue weighted by Crippen LogP contribution is -2.38. The summed E-state index contributed by atoms with van der Waals surface area (Å²) in [4.78, 5) is 13.4. The van der Waals surface area contributed by atoms with Crippen molar-refractivity contribution >= 4 is 11.7 Å². The molecule has 0 spiro atoms. The molecular formula is C15H21NO3. The Labute approximate surface area is 114 Å². The number of carboxylic acid groups (broad SMARTS) is 1. The van der Waals surface area contributed by atoms with Crippen LogP contribution in [0, 0.1) is 0 Å². The van der Waals surface area contributed by atoms with E-state index in [2.05, 4.69) is 4.90 Å². The lowest BCUT2D eigenvalue weighted by molar-refractivity contribution is -0.00478. The van der Waals surface area contributed by atoms with Crippen LogP contribution in [0.15, 0.2) is 24.3 Å². The Balaban J connectivity index is 2.04. The number of aromatic carboxylic acids is 1. The van der Waals surface area contributed by atoms with Crippen molar-refractivity contribution < 1.29 is 14.6 Å². The van der Waals surface area contributed by atoms with E-state index in [9.17, 15) is 9.90 Å². The standard InChI is InChI=1S/C15H21NO3/c1-11(2)19-12-7-9-16(10-8-12)14-6-4-3-5-13(14)15(17)18/h3-6,11-12H,7-10H2,1-2H3,(H,17,18). The highest BCUT2D eigenvalue weighted by Crippen LogP contribution is 2.25. The first-order valence-electron chi connectivity index (χ1n) is 6.80. The topological polar surface area (TPSA) is 49.8 Å². The molecule has 1 saturated heterocycles. The number of nitrogens with zero attached hydrogens (tertiary/aromatic N) is 1. The van der Waals surface area contributed by atoms with Gasteiger partial charge in [0.15, 0.2) is 0 Å². The molecule has 1 aliphatic rings. The predicted octanol–water partition coefficient (Wildman–Crippen LogP) is 2.78. The van der Waals surface area contributed by atoms with E-state index in [4.69, 9.17) is 4.74 Å². The van der Waals surface area contributed by atoms with E-state index in [1.54, 1.807) is 12.1 Å². The second-order valence-corrected chi connectivity index (χ2v) is 5.19. The SMILES string of the molecule is CC(C)OC1CCN(c2ccccc2C(=O)O)CC1. The highest BCUT2D eigenvalue weighted by Gasteiger charge is 2.23. The molecule has 0 bridgehead atoms. The zero-order valence-corrected chi connectivity index (χ0v) is 11.5. The molecule has 1 aromatic rings. The summed E-state index contributed by atoms with van der Waals surface area (Å²) in [7, 11) is 0. The van der Waals surface area contributed by atoms with Crippen molar-refractivity contribution in [2.24, 2.45) is 0 Å². The molecule has 0 saturated carbocycles. The van der Waals surface area contributed by atoms with E-state index in [1.165, 1.54) is 0 Å². The summed E-state index contributed by atoms with van der Waals surface area (Å²) in [6.07, 6.45) is 2.45. The van der Waals surface area contributed by atoms with Gasteiger partial charge in [0.1, 0.15) is 0 Å². The monoisotopic (exact) mass is 263 g/mol. The number of carbonyl (C=O) groups is 1. The smallest absolute Gasteiger partial charge is 0.337 e. The Hall–Kier alpha value is -1.55. The molecule has 1 fully saturated rings. The molecule has 1 N–H and O–H groups in total. The van der Waals surface area contributed by atoms with Gasteiger partial charge in [-0.2, -0.15) is 0 Å². The molecule has 0 aromatic heterocycles. The molecule has 4 nitrogen and oxygen atoms in total. The number of ether oxygens (including phenoxy) is 1. The Morgan fingerprint density at radius 2 is 1.95 bits per heavy atom. The van der Waals surface area contributed by atoms with Gasteiger partial charge >= 0.3 is 5.97 Å². The number of piperidine rings is 1. The van der Waals surface area contributed by atoms with E-state index >= 15 is 0 Å². The van der Waals surface area contributed by atoms with Crippen molar-refractivity contribution in [2.45, 2.75) is 38.9 Å². The van der Waals surface area contributed by atoms with Crippen molar-refractivity contribution in [3.63, 3.8) is 0 Å². The average Bonchev–Trinajstić information content (AvgIpc) is 2.39. The molecule has 0 unspecified atom stereocenters. The van der Waals surface area contributed by atoms with E-state index in [1.807, 2.05) is 26.0 Å². The number of benzene rings is 1. The summed E-state index contributed by atoms with van der Waals surface area (Å²) < 4.78 is 5.81. The predicted molar refractivity (Wildman–Crippen MR) is 74.9 cm³/mol. The van der Waals surface area contributed by atoms with E-state index in [0.717, 1.165) is 31.6 Å². The van der Waals surface area contributed by atoms with E-state index in [-0.39, 0.29) is 6.10 Å². The fraction of sp³-hybridized carbons (Fsp3) is 0.533. The number of anilines is 1. The third-order valence-electron chi connectivity index (χ3n) is 3.38. The summed E-state index contributed by atoms with van der Waals surface area (Å²) in [5.41, 5.74) is 1.20. The second kappa shape index (κ2) is 6.06. The van der Waals surface area contributed by atoms with E-state index in [0.29, 0.717) is 11.7 Å². The molecule has 104 valence electrons. The van der Waals surface area contributed by atoms with Crippen molar-refractivity contribution in [2.75, 3.05) is 18.0 Å². The van der Waals surface area contributed by atoms with Crippen LogP contribution in [-0.2, 0) is 4.74 Å². The first kappa shape index (κ1) is 13.9. The fourth-order valence-corrected chi connectivity index (χ4v) is 2.55. The van der Waals surface area contributed by atoms with Crippen LogP contribution >= 0.6 is 0 Å². The van der Waals surface area contributed by atoms with Crippen molar-refractivity contribution in [3.8, 4) is 0 Å². The average molecular weight is 263 g/mol. The number of carboxylic acids is 1. The zero-order valence-electron chi connectivity index (χ0n) is 11.5. The highest BCUT2D eigenvalue weighted by molar-refractivity contribution is 5.94. The second-order valence-electron chi connectivity index (χ2n) is 5.19. The molecule has 0 aliphatic carbocycles. The first-order chi connectivity index (χ1) is 9.08. The summed E-state index contributed by atoms with van der Waals surface area (Å²) in [5.74, 6) is -0.865. The van der Waals surface area contributed by atoms with Crippen molar-refractivity contribution in [1.82, 2.24) is 0 Å². The highest BCUT2D eigenvalue weighted by atomic mass is 16.5. The van der Waals surface area contributed by atoms with Gasteiger partial charge < -0.3 is 14.7 Å². The maximum absolute atomic E-state index is 11.2. The number of para-hydroxylation sites is 1. The minimum atomic E-state index is -0.865. The van der Waals surface area contributed by atoms with Crippen molar-refractivity contribution in [1.29, 1.82) is 0 Å². The number of hydrogen-bond acceptors (Lipinski definition) is 3. The van der Waals surface area contributed by atoms with E-state index < -0.39 is 5.97 Å². The van der Waals surface area contributed by atoms with Gasteiger partial charge in [0.05, 0.1) is 23.5 Å². The first-order valence-corrected chi connectivity index (χ1v) is 6.80. The Kier molecular flexibility index (Phi) is 4.43. The van der Waals surface area contributed by atoms with Crippen LogP contribution < -0.4 is 4.90 Å². The Morgan fingerprint density at radius 3 is 2.53 bits per heavy atom. The van der Waals surface area contributed by atoms with Gasteiger partial charge in [-0.05, 0) is 38.8 Å². The van der Waals surface area contributed by atoms with Crippen molar-refractivity contribution in [3.05, 3.63) is 29.8 Å². The molecule has 19 heavy (non-hydrogen) atoms. The largest absolute Gasteiger partial charge is 0.478 e. The number of rotatable bonds is 4. The van der Waals surface area contributed by atoms with Crippen LogP contribution in [0.5, 0.6) is 0 Å². The van der Waals surface area contributed by atoms with Crippen LogP contribution in [0.1, 0.15) is 37.0 Å². The Bertz CT molecular complexity index is 437. The lowest BCUT2D eigenvalue weighted by Gasteiger charge is -2.34. The molecule has 0 radical (unpaired) electrons. The lowest BCUT2D eigenvalue weighted by atomic mass is 10.0. The van der Waals surface area contributed by atoms with Crippen LogP contribution in [-0.4, -0.2) is 36.4 Å². The third-order valence-corrected chi connectivity index (χ3v) is 3.38. The molecule has 1 aliphatic heterocycles. The molecule has 0 atom stereocenters. The maximum Gasteiger partial charge on any atom is 0.337 e. The molecule has 0 amide bonds. The third kappa shape index (κ3) is 3.47. The van der Waals surface area contributed by atoms with Gasteiger partial charge in [-0.1, -0.05) is 12.1 Å². The van der Waals surface area contributed by atoms with Gasteiger partial charge in [-0.25, -0.2) is 4.79 Å². The van der Waals surface area contributed by atoms with Crippen LogP contribution in [0.25, 0.3) is 0 Å². The van der Waals surface area contributed by atoms with Crippen LogP contribution in [0.3, 0.4) is 0 Å². The molecular weight excluding hydrogens is 242 g/mol. The fourth-order valence-electron chi connectivity index (χ4n) is 2.55. The molecule has 4 heteroatoms. The van der Waals surface area contributed by atoms with Gasteiger partial charge in [-0.15, -0.1) is 0 Å². The van der Waals surface area contributed by atoms with Gasteiger partial charge in [0.25, 0.3) is 0 Å². The quantitative estimate of drug-likeness (QED) is 0.907. The Morgan fingerprint density at radius 1 is 1.32 bits per heavy atom. The number of hydrogen-bond donors (Lipinski definition) is 1. The van der Waals surface area contributed by atoms with Crippen LogP contribution in [0.2, 0.25) is 0 Å². The van der Waals surface area contributed by atoms with Gasteiger partial charge in [0.2, 0.25) is 0 Å². The summed E-state index contributed by atoms with van der Waals surface area (Å²) >= 11 is 0. The van der Waals surface area contributed by atoms with Crippen LogP contribution in [0.4, 0.5) is 5.69 Å². The summed E-state index contributed by atoms with van der Waals surface area (Å²) in [6, 6.07) is 7.20.